The van der Waals surface area contributed by atoms with Crippen molar-refractivity contribution < 1.29 is 0 Å². The third-order valence-corrected chi connectivity index (χ3v) is 4.98. The van der Waals surface area contributed by atoms with Gasteiger partial charge in [-0.25, -0.2) is 0 Å². The van der Waals surface area contributed by atoms with Crippen LogP contribution in [-0.4, -0.2) is 48.1 Å². The third kappa shape index (κ3) is 3.23. The van der Waals surface area contributed by atoms with Gasteiger partial charge in [0.2, 0.25) is 0 Å². The number of piperazine rings is 1. The maximum atomic E-state index is 2.77. The summed E-state index contributed by atoms with van der Waals surface area (Å²) >= 11 is 0. The van der Waals surface area contributed by atoms with E-state index in [2.05, 4.69) is 37.5 Å². The van der Waals surface area contributed by atoms with E-state index >= 15 is 0 Å². The van der Waals surface area contributed by atoms with E-state index in [4.69, 9.17) is 0 Å². The first kappa shape index (κ1) is 13.4. The predicted molar refractivity (Wildman–Crippen MR) is 74.2 cm³/mol. The molecule has 2 unspecified atom stereocenters. The van der Waals surface area contributed by atoms with Crippen molar-refractivity contribution in [3.05, 3.63) is 0 Å². The Morgan fingerprint density at radius 1 is 0.882 bits per heavy atom. The molecule has 0 aromatic rings. The molecule has 100 valence electrons. The summed E-state index contributed by atoms with van der Waals surface area (Å²) in [6.07, 6.45) is 4.37. The average molecular weight is 238 g/mol. The maximum absolute atomic E-state index is 2.77. The first-order valence-electron chi connectivity index (χ1n) is 7.56. The second-order valence-corrected chi connectivity index (χ2v) is 6.64. The van der Waals surface area contributed by atoms with Gasteiger partial charge in [0.1, 0.15) is 0 Å². The van der Waals surface area contributed by atoms with Gasteiger partial charge in [0, 0.05) is 38.3 Å². The van der Waals surface area contributed by atoms with Gasteiger partial charge in [0.05, 0.1) is 0 Å². The molecule has 2 heteroatoms. The SMILES string of the molecule is CC(C)C1CCC(N2CCN(C(C)C)CC2)C1. The number of hydrogen-bond donors (Lipinski definition) is 0. The van der Waals surface area contributed by atoms with Crippen molar-refractivity contribution in [2.24, 2.45) is 11.8 Å². The Labute approximate surface area is 107 Å². The van der Waals surface area contributed by atoms with Gasteiger partial charge < -0.3 is 0 Å². The Hall–Kier alpha value is -0.0800. The second-order valence-electron chi connectivity index (χ2n) is 6.64. The Bertz CT molecular complexity index is 229. The highest BCUT2D eigenvalue weighted by atomic mass is 15.3. The van der Waals surface area contributed by atoms with Crippen LogP contribution in [0.15, 0.2) is 0 Å². The first-order chi connectivity index (χ1) is 8.08. The van der Waals surface area contributed by atoms with Crippen LogP contribution in [0.1, 0.15) is 47.0 Å². The molecule has 1 aliphatic heterocycles. The molecule has 1 heterocycles. The number of nitrogens with zero attached hydrogens (tertiary/aromatic N) is 2. The zero-order valence-electron chi connectivity index (χ0n) is 12.2. The fourth-order valence-electron chi connectivity index (χ4n) is 3.55. The highest BCUT2D eigenvalue weighted by Gasteiger charge is 2.32. The summed E-state index contributed by atoms with van der Waals surface area (Å²) in [5.74, 6) is 1.88. The summed E-state index contributed by atoms with van der Waals surface area (Å²) < 4.78 is 0. The molecule has 1 saturated heterocycles. The summed E-state index contributed by atoms with van der Waals surface area (Å²) in [6.45, 7) is 14.6. The molecule has 0 radical (unpaired) electrons. The normalized spacial score (nSPS) is 32.8. The van der Waals surface area contributed by atoms with Gasteiger partial charge >= 0.3 is 0 Å². The minimum absolute atomic E-state index is 0.726. The summed E-state index contributed by atoms with van der Waals surface area (Å²) in [6, 6.07) is 1.63. The van der Waals surface area contributed by atoms with E-state index in [1.54, 1.807) is 0 Å². The van der Waals surface area contributed by atoms with Gasteiger partial charge in [-0.05, 0) is 44.9 Å². The van der Waals surface area contributed by atoms with Gasteiger partial charge in [-0.2, -0.15) is 0 Å². The summed E-state index contributed by atoms with van der Waals surface area (Å²) in [5, 5.41) is 0. The molecule has 2 rings (SSSR count). The maximum Gasteiger partial charge on any atom is 0.0113 e. The van der Waals surface area contributed by atoms with Crippen molar-refractivity contribution in [2.75, 3.05) is 26.2 Å². The van der Waals surface area contributed by atoms with Crippen LogP contribution in [0.5, 0.6) is 0 Å². The number of rotatable bonds is 3. The zero-order chi connectivity index (χ0) is 12.4. The second kappa shape index (κ2) is 5.71. The van der Waals surface area contributed by atoms with Crippen LogP contribution in [-0.2, 0) is 0 Å². The molecule has 2 nitrogen and oxygen atoms in total. The smallest absolute Gasteiger partial charge is 0.0113 e. The first-order valence-corrected chi connectivity index (χ1v) is 7.56. The van der Waals surface area contributed by atoms with E-state index in [9.17, 15) is 0 Å². The lowest BCUT2D eigenvalue weighted by molar-refractivity contribution is 0.0778. The van der Waals surface area contributed by atoms with E-state index in [1.165, 1.54) is 45.4 Å². The zero-order valence-corrected chi connectivity index (χ0v) is 12.2. The van der Waals surface area contributed by atoms with E-state index < -0.39 is 0 Å². The number of hydrogen-bond acceptors (Lipinski definition) is 2. The fraction of sp³-hybridized carbons (Fsp3) is 1.00. The van der Waals surface area contributed by atoms with Gasteiger partial charge in [-0.3, -0.25) is 9.80 Å². The topological polar surface area (TPSA) is 6.48 Å². The van der Waals surface area contributed by atoms with Crippen LogP contribution >= 0.6 is 0 Å². The van der Waals surface area contributed by atoms with Crippen molar-refractivity contribution in [1.82, 2.24) is 9.80 Å². The molecule has 2 aliphatic rings. The molecule has 2 atom stereocenters. The molecular weight excluding hydrogens is 208 g/mol. The van der Waals surface area contributed by atoms with Crippen LogP contribution in [0.25, 0.3) is 0 Å². The third-order valence-electron chi connectivity index (χ3n) is 4.98. The monoisotopic (exact) mass is 238 g/mol. The van der Waals surface area contributed by atoms with Gasteiger partial charge in [-0.15, -0.1) is 0 Å². The molecule has 2 fully saturated rings. The Kier molecular flexibility index (Phi) is 4.48. The predicted octanol–water partition coefficient (Wildman–Crippen LogP) is 2.84. The molecular formula is C15H30N2. The van der Waals surface area contributed by atoms with Crippen molar-refractivity contribution >= 4 is 0 Å². The van der Waals surface area contributed by atoms with Crippen molar-refractivity contribution in [2.45, 2.75) is 59.0 Å². The Morgan fingerprint density at radius 3 is 2.00 bits per heavy atom. The van der Waals surface area contributed by atoms with Crippen LogP contribution in [0.2, 0.25) is 0 Å². The molecule has 0 spiro atoms. The van der Waals surface area contributed by atoms with Crippen LogP contribution < -0.4 is 0 Å². The quantitative estimate of drug-likeness (QED) is 0.746. The van der Waals surface area contributed by atoms with E-state index in [1.807, 2.05) is 0 Å². The molecule has 0 amide bonds. The highest BCUT2D eigenvalue weighted by molar-refractivity contribution is 4.87. The lowest BCUT2D eigenvalue weighted by atomic mass is 9.94. The Balaban J connectivity index is 1.78. The minimum atomic E-state index is 0.726. The van der Waals surface area contributed by atoms with Crippen molar-refractivity contribution in [1.29, 1.82) is 0 Å². The molecule has 1 aliphatic carbocycles. The average Bonchev–Trinajstić information content (AvgIpc) is 2.78. The Morgan fingerprint density at radius 2 is 1.53 bits per heavy atom. The molecule has 0 aromatic heterocycles. The standard InChI is InChI=1S/C15H30N2/c1-12(2)14-5-6-15(11-14)17-9-7-16(8-10-17)13(3)4/h12-15H,5-11H2,1-4H3. The summed E-state index contributed by atoms with van der Waals surface area (Å²) in [5.41, 5.74) is 0. The fourth-order valence-corrected chi connectivity index (χ4v) is 3.55. The van der Waals surface area contributed by atoms with E-state index in [0.717, 1.165) is 23.9 Å². The lowest BCUT2D eigenvalue weighted by Gasteiger charge is -2.40. The molecule has 17 heavy (non-hydrogen) atoms. The molecule has 0 N–H and O–H groups in total. The summed E-state index contributed by atoms with van der Waals surface area (Å²) in [7, 11) is 0. The van der Waals surface area contributed by atoms with Crippen LogP contribution in [0.3, 0.4) is 0 Å². The van der Waals surface area contributed by atoms with Gasteiger partial charge in [0.25, 0.3) is 0 Å². The van der Waals surface area contributed by atoms with E-state index in [0.29, 0.717) is 0 Å². The van der Waals surface area contributed by atoms with E-state index in [-0.39, 0.29) is 0 Å². The molecule has 1 saturated carbocycles. The summed E-state index contributed by atoms with van der Waals surface area (Å²) in [4.78, 5) is 5.38. The van der Waals surface area contributed by atoms with Crippen LogP contribution in [0.4, 0.5) is 0 Å². The van der Waals surface area contributed by atoms with Crippen LogP contribution in [0, 0.1) is 11.8 Å². The van der Waals surface area contributed by atoms with Gasteiger partial charge in [-0.1, -0.05) is 13.8 Å². The minimum Gasteiger partial charge on any atom is -0.298 e. The highest BCUT2D eigenvalue weighted by Crippen LogP contribution is 2.34. The molecule has 0 aromatic carbocycles. The molecule has 0 bridgehead atoms. The van der Waals surface area contributed by atoms with Gasteiger partial charge in [0.15, 0.2) is 0 Å². The lowest BCUT2D eigenvalue weighted by Crippen LogP contribution is -2.51. The largest absolute Gasteiger partial charge is 0.298 e. The van der Waals surface area contributed by atoms with Crippen molar-refractivity contribution in [3.8, 4) is 0 Å². The van der Waals surface area contributed by atoms with Crippen molar-refractivity contribution in [3.63, 3.8) is 0 Å².